The lowest BCUT2D eigenvalue weighted by Gasteiger charge is -2.26. The van der Waals surface area contributed by atoms with Gasteiger partial charge in [-0.05, 0) is 46.5 Å². The van der Waals surface area contributed by atoms with E-state index >= 15 is 0 Å². The second-order valence-corrected chi connectivity index (χ2v) is 9.91. The van der Waals surface area contributed by atoms with Crippen LogP contribution in [-0.2, 0) is 5.41 Å². The lowest BCUT2D eigenvalue weighted by molar-refractivity contribution is 0.633. The van der Waals surface area contributed by atoms with Gasteiger partial charge in [0.2, 0.25) is 0 Å². The second-order valence-electron chi connectivity index (χ2n) is 9.91. The van der Waals surface area contributed by atoms with Gasteiger partial charge in [0.05, 0.1) is 5.69 Å². The third-order valence-corrected chi connectivity index (χ3v) is 7.39. The number of hydrogen-bond donors (Lipinski definition) is 0. The Labute approximate surface area is 213 Å². The highest BCUT2D eigenvalue weighted by Crippen LogP contribution is 2.39. The zero-order chi connectivity index (χ0) is 25.6. The molecule has 0 fully saturated rings. The van der Waals surface area contributed by atoms with E-state index in [4.69, 9.17) is 10.8 Å². The predicted molar refractivity (Wildman–Crippen MR) is 149 cm³/mol. The summed E-state index contributed by atoms with van der Waals surface area (Å²) in [6.07, 6.45) is 1.79. The van der Waals surface area contributed by atoms with Crippen molar-refractivity contribution in [1.82, 2.24) is 4.98 Å². The van der Waals surface area contributed by atoms with Gasteiger partial charge in [-0.1, -0.05) is 106 Å². The highest BCUT2D eigenvalue weighted by Gasteiger charge is 2.24. The lowest BCUT2D eigenvalue weighted by atomic mass is 9.78. The molecule has 1 unspecified atom stereocenters. The average Bonchev–Trinajstić information content (AvgIpc) is 3.32. The number of rotatable bonds is 5. The maximum absolute atomic E-state index is 9.12. The maximum Gasteiger partial charge on any atom is 0.144 e. The summed E-state index contributed by atoms with van der Waals surface area (Å²) in [5.74, 6) is -0.890. The largest absolute Gasteiger partial charge is 0.455 e. The molecule has 0 radical (unpaired) electrons. The minimum absolute atomic E-state index is 0.150. The summed E-state index contributed by atoms with van der Waals surface area (Å²) in [5, 5.41) is 2.16. The van der Waals surface area contributed by atoms with Crippen LogP contribution < -0.4 is 0 Å². The van der Waals surface area contributed by atoms with Gasteiger partial charge in [0.1, 0.15) is 11.2 Å². The zero-order valence-electron chi connectivity index (χ0n) is 21.8. The molecule has 0 N–H and O–H groups in total. The van der Waals surface area contributed by atoms with E-state index in [0.29, 0.717) is 0 Å². The van der Waals surface area contributed by atoms with Crippen molar-refractivity contribution in [3.63, 3.8) is 0 Å². The van der Waals surface area contributed by atoms with Gasteiger partial charge < -0.3 is 4.42 Å². The molecule has 2 aromatic heterocycles. The monoisotopic (exact) mass is 468 g/mol. The van der Waals surface area contributed by atoms with E-state index in [9.17, 15) is 0 Å². The fraction of sp³-hybridized carbons (Fsp3) is 0.147. The fourth-order valence-electron chi connectivity index (χ4n) is 5.08. The molecule has 2 heterocycles. The molecule has 0 aliphatic rings. The first-order valence-electron chi connectivity index (χ1n) is 12.9. The summed E-state index contributed by atoms with van der Waals surface area (Å²) in [7, 11) is 0. The smallest absolute Gasteiger partial charge is 0.144 e. The molecule has 0 aliphatic carbocycles. The number of aromatic nitrogens is 1. The number of pyridine rings is 1. The van der Waals surface area contributed by atoms with Crippen molar-refractivity contribution in [2.24, 2.45) is 0 Å². The molecule has 0 spiro atoms. The fourth-order valence-corrected chi connectivity index (χ4v) is 5.08. The topological polar surface area (TPSA) is 26.0 Å². The van der Waals surface area contributed by atoms with Crippen molar-refractivity contribution < 1.29 is 5.79 Å². The van der Waals surface area contributed by atoms with Crippen LogP contribution in [0.5, 0.6) is 0 Å². The summed E-state index contributed by atoms with van der Waals surface area (Å²) < 4.78 is 15.7. The number of furan rings is 1. The van der Waals surface area contributed by atoms with Gasteiger partial charge >= 0.3 is 0 Å². The third kappa shape index (κ3) is 3.79. The first-order valence-corrected chi connectivity index (χ1v) is 12.4. The van der Waals surface area contributed by atoms with Crippen LogP contribution in [0.3, 0.4) is 0 Å². The molecule has 6 aromatic rings. The molecule has 0 amide bonds. The van der Waals surface area contributed by atoms with Crippen LogP contribution in [0.15, 0.2) is 120 Å². The molecule has 0 bridgehead atoms. The Kier molecular flexibility index (Phi) is 5.17. The normalized spacial score (nSPS) is 14.0. The Hall–Kier alpha value is -4.17. The molecule has 0 saturated heterocycles. The number of hydrogen-bond acceptors (Lipinski definition) is 2. The molecule has 2 heteroatoms. The van der Waals surface area contributed by atoms with Gasteiger partial charge in [0.15, 0.2) is 0 Å². The van der Waals surface area contributed by atoms with Crippen LogP contribution in [-0.4, -0.2) is 4.98 Å². The van der Waals surface area contributed by atoms with Crippen LogP contribution in [0.25, 0.3) is 33.2 Å². The van der Waals surface area contributed by atoms with Gasteiger partial charge in [0, 0.05) is 35.2 Å². The van der Waals surface area contributed by atoms with Gasteiger partial charge in [0.25, 0.3) is 0 Å². The van der Waals surface area contributed by atoms with Gasteiger partial charge in [-0.3, -0.25) is 4.98 Å². The van der Waals surface area contributed by atoms with Crippen LogP contribution in [0.2, 0.25) is 0 Å². The molecular weight excluding hydrogens is 438 g/mol. The summed E-state index contributed by atoms with van der Waals surface area (Å²) >= 11 is 0. The van der Waals surface area contributed by atoms with Crippen LogP contribution in [0.4, 0.5) is 0 Å². The molecular formula is C34H29NO. The summed E-state index contributed by atoms with van der Waals surface area (Å²) in [6, 6.07) is 37.2. The van der Waals surface area contributed by atoms with E-state index in [2.05, 4.69) is 80.6 Å². The van der Waals surface area contributed by atoms with Crippen LogP contribution >= 0.6 is 0 Å². The summed E-state index contributed by atoms with van der Waals surface area (Å²) in [6.45, 7) is 6.43. The molecule has 36 heavy (non-hydrogen) atoms. The Balaban J connectivity index is 1.46. The van der Waals surface area contributed by atoms with Crippen LogP contribution in [0, 0.1) is 0 Å². The van der Waals surface area contributed by atoms with Crippen molar-refractivity contribution in [2.45, 2.75) is 32.1 Å². The highest BCUT2D eigenvalue weighted by atomic mass is 16.3. The number of benzene rings is 4. The first-order chi connectivity index (χ1) is 17.9. The molecule has 176 valence electrons. The van der Waals surface area contributed by atoms with Crippen molar-refractivity contribution >= 4 is 21.9 Å². The lowest BCUT2D eigenvalue weighted by Crippen LogP contribution is -2.18. The number of para-hydroxylation sites is 1. The minimum Gasteiger partial charge on any atom is -0.455 e. The molecule has 4 aromatic carbocycles. The first kappa shape index (κ1) is 21.1. The summed E-state index contributed by atoms with van der Waals surface area (Å²) in [5.41, 5.74) is 7.60. The highest BCUT2D eigenvalue weighted by molar-refractivity contribution is 6.09. The van der Waals surface area contributed by atoms with Gasteiger partial charge in [-0.2, -0.15) is 0 Å². The SMILES string of the molecule is [2H]C(C)(c1ccccc1)c1ccnc(-c2cccc3c2oc2cc(C(C)(C)c4ccccc4)ccc23)c1. The van der Waals surface area contributed by atoms with E-state index in [1.54, 1.807) is 6.20 Å². The van der Waals surface area contributed by atoms with Gasteiger partial charge in [-0.25, -0.2) is 0 Å². The molecule has 2 nitrogen and oxygen atoms in total. The average molecular weight is 469 g/mol. The predicted octanol–water partition coefficient (Wildman–Crippen LogP) is 9.13. The number of nitrogens with zero attached hydrogens (tertiary/aromatic N) is 1. The Morgan fingerprint density at radius 2 is 1.47 bits per heavy atom. The van der Waals surface area contributed by atoms with E-state index < -0.39 is 5.89 Å². The Morgan fingerprint density at radius 3 is 2.25 bits per heavy atom. The zero-order valence-corrected chi connectivity index (χ0v) is 20.8. The summed E-state index contributed by atoms with van der Waals surface area (Å²) in [4.78, 5) is 4.69. The van der Waals surface area contributed by atoms with E-state index in [-0.39, 0.29) is 5.41 Å². The third-order valence-electron chi connectivity index (χ3n) is 7.39. The van der Waals surface area contributed by atoms with Crippen LogP contribution in [0.1, 0.15) is 50.3 Å². The van der Waals surface area contributed by atoms with Crippen molar-refractivity contribution in [1.29, 1.82) is 0 Å². The maximum atomic E-state index is 9.12. The minimum atomic E-state index is -0.890. The molecule has 6 rings (SSSR count). The van der Waals surface area contributed by atoms with E-state index in [1.807, 2.05) is 49.4 Å². The van der Waals surface area contributed by atoms with Crippen molar-refractivity contribution in [3.05, 3.63) is 138 Å². The second kappa shape index (κ2) is 8.80. The van der Waals surface area contributed by atoms with E-state index in [0.717, 1.165) is 44.3 Å². The standard InChI is InChI=1S/C34H29NO/c1-23(24-11-6-4-7-12-24)25-19-20-35-31(21-25)30-16-10-15-29-28-18-17-27(22-32(28)36-33(29)30)34(2,3)26-13-8-5-9-14-26/h4-23H,1-3H3/i23D. The van der Waals surface area contributed by atoms with Gasteiger partial charge in [-0.15, -0.1) is 0 Å². The van der Waals surface area contributed by atoms with E-state index in [1.165, 1.54) is 11.1 Å². The van der Waals surface area contributed by atoms with Crippen molar-refractivity contribution in [3.8, 4) is 11.3 Å². The number of fused-ring (bicyclic) bond motifs is 3. The molecule has 0 aliphatic heterocycles. The Morgan fingerprint density at radius 1 is 0.722 bits per heavy atom. The molecule has 1 atom stereocenters. The Bertz CT molecular complexity index is 1720. The quantitative estimate of drug-likeness (QED) is 0.252. The van der Waals surface area contributed by atoms with Crippen molar-refractivity contribution in [2.75, 3.05) is 0 Å². The molecule has 0 saturated carbocycles.